The summed E-state index contributed by atoms with van der Waals surface area (Å²) in [4.78, 5) is 22.3. The molecule has 0 rings (SSSR count). The highest BCUT2D eigenvalue weighted by Gasteiger charge is 2.03. The molecule has 0 saturated heterocycles. The zero-order valence-corrected chi connectivity index (χ0v) is 15.8. The molecule has 8 heteroatoms. The van der Waals surface area contributed by atoms with E-state index in [4.69, 9.17) is 18.9 Å². The van der Waals surface area contributed by atoms with E-state index in [1.807, 2.05) is 0 Å². The van der Waals surface area contributed by atoms with Gasteiger partial charge in [0.25, 0.3) is 0 Å². The lowest BCUT2D eigenvalue weighted by Crippen LogP contribution is -2.29. The first kappa shape index (κ1) is 23.6. The maximum absolute atomic E-state index is 11.2. The highest BCUT2D eigenvalue weighted by atomic mass is 16.6. The summed E-state index contributed by atoms with van der Waals surface area (Å²) >= 11 is 0. The third kappa shape index (κ3) is 17.9. The summed E-state index contributed by atoms with van der Waals surface area (Å²) in [5.74, 6) is 10.7. The SMILES string of the molecule is CC(C)OC(=O)NCCOCC#CC#CCOCCNC(=O)OC(C)C. The van der Waals surface area contributed by atoms with Crippen molar-refractivity contribution in [3.8, 4) is 23.7 Å². The molecular formula is C18H28N2O6. The summed E-state index contributed by atoms with van der Waals surface area (Å²) in [6, 6.07) is 0. The van der Waals surface area contributed by atoms with E-state index >= 15 is 0 Å². The highest BCUT2D eigenvalue weighted by molar-refractivity contribution is 5.67. The van der Waals surface area contributed by atoms with E-state index in [1.165, 1.54) is 0 Å². The molecule has 2 amide bonds. The number of hydrogen-bond donors (Lipinski definition) is 2. The van der Waals surface area contributed by atoms with Crippen LogP contribution in [0.1, 0.15) is 27.7 Å². The predicted molar refractivity (Wildman–Crippen MR) is 96.4 cm³/mol. The fourth-order valence-corrected chi connectivity index (χ4v) is 1.37. The van der Waals surface area contributed by atoms with Gasteiger partial charge in [0.1, 0.15) is 13.2 Å². The molecule has 26 heavy (non-hydrogen) atoms. The Morgan fingerprint density at radius 3 is 1.50 bits per heavy atom. The molecule has 2 N–H and O–H groups in total. The molecule has 0 radical (unpaired) electrons. The maximum atomic E-state index is 11.2. The van der Waals surface area contributed by atoms with Crippen molar-refractivity contribution >= 4 is 12.2 Å². The van der Waals surface area contributed by atoms with Crippen LogP contribution in [0.2, 0.25) is 0 Å². The summed E-state index contributed by atoms with van der Waals surface area (Å²) in [6.45, 7) is 8.93. The van der Waals surface area contributed by atoms with Gasteiger partial charge in [-0.05, 0) is 39.5 Å². The molecule has 8 nitrogen and oxygen atoms in total. The van der Waals surface area contributed by atoms with E-state index in [0.717, 1.165) is 0 Å². The van der Waals surface area contributed by atoms with Crippen molar-refractivity contribution < 1.29 is 28.5 Å². The van der Waals surface area contributed by atoms with Crippen LogP contribution in [0.25, 0.3) is 0 Å². The van der Waals surface area contributed by atoms with Crippen molar-refractivity contribution in [2.24, 2.45) is 0 Å². The molecule has 0 aromatic carbocycles. The molecule has 146 valence electrons. The van der Waals surface area contributed by atoms with Gasteiger partial charge >= 0.3 is 12.2 Å². The Morgan fingerprint density at radius 1 is 0.769 bits per heavy atom. The Morgan fingerprint density at radius 2 is 1.15 bits per heavy atom. The first-order valence-corrected chi connectivity index (χ1v) is 8.42. The number of carbonyl (C=O) groups is 2. The zero-order valence-electron chi connectivity index (χ0n) is 15.8. The monoisotopic (exact) mass is 368 g/mol. The van der Waals surface area contributed by atoms with Crippen molar-refractivity contribution in [2.45, 2.75) is 39.9 Å². The number of carbonyl (C=O) groups excluding carboxylic acids is 2. The van der Waals surface area contributed by atoms with E-state index in [9.17, 15) is 9.59 Å². The fourth-order valence-electron chi connectivity index (χ4n) is 1.37. The van der Waals surface area contributed by atoms with Crippen molar-refractivity contribution in [3.63, 3.8) is 0 Å². The van der Waals surface area contributed by atoms with Crippen LogP contribution in [0.3, 0.4) is 0 Å². The topological polar surface area (TPSA) is 95.1 Å². The van der Waals surface area contributed by atoms with Crippen LogP contribution >= 0.6 is 0 Å². The molecule has 0 aromatic rings. The Bertz CT molecular complexity index is 477. The Kier molecular flexibility index (Phi) is 14.6. The summed E-state index contributed by atoms with van der Waals surface area (Å²) in [6.07, 6.45) is -1.23. The van der Waals surface area contributed by atoms with Crippen LogP contribution < -0.4 is 10.6 Å². The second-order valence-corrected chi connectivity index (χ2v) is 5.47. The Labute approximate surface area is 155 Å². The molecule has 0 saturated carbocycles. The molecule has 0 aliphatic carbocycles. The first-order valence-electron chi connectivity index (χ1n) is 8.42. The molecule has 0 fully saturated rings. The molecule has 0 aliphatic heterocycles. The van der Waals surface area contributed by atoms with Crippen LogP contribution in [0.5, 0.6) is 0 Å². The lowest BCUT2D eigenvalue weighted by Gasteiger charge is -2.08. The van der Waals surface area contributed by atoms with Crippen molar-refractivity contribution in [2.75, 3.05) is 39.5 Å². The van der Waals surface area contributed by atoms with Gasteiger partial charge in [-0.1, -0.05) is 11.8 Å². The van der Waals surface area contributed by atoms with Crippen LogP contribution in [0, 0.1) is 23.7 Å². The lowest BCUT2D eigenvalue weighted by atomic mass is 10.5. The van der Waals surface area contributed by atoms with Gasteiger partial charge in [0, 0.05) is 13.1 Å². The van der Waals surface area contributed by atoms with E-state index in [-0.39, 0.29) is 25.4 Å². The van der Waals surface area contributed by atoms with E-state index in [2.05, 4.69) is 34.3 Å². The van der Waals surface area contributed by atoms with Gasteiger partial charge in [-0.25, -0.2) is 9.59 Å². The molecule has 0 unspecified atom stereocenters. The summed E-state index contributed by atoms with van der Waals surface area (Å²) in [5, 5.41) is 5.11. The normalized spacial score (nSPS) is 9.62. The number of hydrogen-bond acceptors (Lipinski definition) is 6. The van der Waals surface area contributed by atoms with Gasteiger partial charge < -0.3 is 29.6 Å². The van der Waals surface area contributed by atoms with Crippen molar-refractivity contribution in [3.05, 3.63) is 0 Å². The number of alkyl carbamates (subject to hydrolysis) is 2. The number of ether oxygens (including phenoxy) is 4. The molecule has 0 heterocycles. The van der Waals surface area contributed by atoms with E-state index in [0.29, 0.717) is 26.3 Å². The molecular weight excluding hydrogens is 340 g/mol. The van der Waals surface area contributed by atoms with Crippen molar-refractivity contribution in [1.29, 1.82) is 0 Å². The standard InChI is InChI=1S/C18H28N2O6/c1-15(2)25-17(21)19-9-13-23-11-7-5-6-8-12-24-14-10-20-18(22)26-16(3)4/h15-16H,9-14H2,1-4H3,(H,19,21)(H,20,22). The third-order valence-electron chi connectivity index (χ3n) is 2.30. The molecule has 0 aliphatic rings. The number of nitrogens with one attached hydrogen (secondary N) is 2. The van der Waals surface area contributed by atoms with Crippen LogP contribution in [-0.2, 0) is 18.9 Å². The second-order valence-electron chi connectivity index (χ2n) is 5.47. The minimum atomic E-state index is -0.465. The molecule has 0 aromatic heterocycles. The average molecular weight is 368 g/mol. The Balaban J connectivity index is 3.49. The Hall–Kier alpha value is -2.42. The van der Waals surface area contributed by atoms with Crippen LogP contribution in [-0.4, -0.2) is 63.9 Å². The quantitative estimate of drug-likeness (QED) is 0.446. The largest absolute Gasteiger partial charge is 0.447 e. The summed E-state index contributed by atoms with van der Waals surface area (Å²) in [7, 11) is 0. The average Bonchev–Trinajstić information content (AvgIpc) is 2.53. The summed E-state index contributed by atoms with van der Waals surface area (Å²) in [5.41, 5.74) is 0. The van der Waals surface area contributed by atoms with Crippen LogP contribution in [0.15, 0.2) is 0 Å². The van der Waals surface area contributed by atoms with Gasteiger partial charge in [-0.3, -0.25) is 0 Å². The van der Waals surface area contributed by atoms with Gasteiger partial charge in [-0.2, -0.15) is 0 Å². The predicted octanol–water partition coefficient (Wildman–Crippen LogP) is 1.30. The summed E-state index contributed by atoms with van der Waals surface area (Å²) < 4.78 is 20.2. The smallest absolute Gasteiger partial charge is 0.407 e. The molecule has 0 bridgehead atoms. The third-order valence-corrected chi connectivity index (χ3v) is 2.30. The van der Waals surface area contributed by atoms with Gasteiger partial charge in [0.15, 0.2) is 0 Å². The minimum absolute atomic E-state index is 0.151. The van der Waals surface area contributed by atoms with Gasteiger partial charge in [0.05, 0.1) is 25.4 Å². The second kappa shape index (κ2) is 16.1. The van der Waals surface area contributed by atoms with Gasteiger partial charge in [0.2, 0.25) is 0 Å². The lowest BCUT2D eigenvalue weighted by molar-refractivity contribution is 0.108. The first-order chi connectivity index (χ1) is 12.4. The zero-order chi connectivity index (χ0) is 19.6. The molecule has 0 atom stereocenters. The minimum Gasteiger partial charge on any atom is -0.447 e. The van der Waals surface area contributed by atoms with Crippen molar-refractivity contribution in [1.82, 2.24) is 10.6 Å². The molecule has 0 spiro atoms. The highest BCUT2D eigenvalue weighted by Crippen LogP contribution is 1.88. The fraction of sp³-hybridized carbons (Fsp3) is 0.667. The number of amides is 2. The number of rotatable bonds is 10. The van der Waals surface area contributed by atoms with Crippen LogP contribution in [0.4, 0.5) is 9.59 Å². The van der Waals surface area contributed by atoms with E-state index < -0.39 is 12.2 Å². The van der Waals surface area contributed by atoms with E-state index in [1.54, 1.807) is 27.7 Å². The maximum Gasteiger partial charge on any atom is 0.407 e. The van der Waals surface area contributed by atoms with Gasteiger partial charge in [-0.15, -0.1) is 0 Å².